The summed E-state index contributed by atoms with van der Waals surface area (Å²) in [5, 5.41) is 10.3. The first-order chi connectivity index (χ1) is 8.11. The molecule has 0 bridgehead atoms. The Morgan fingerprint density at radius 2 is 2.18 bits per heavy atom. The zero-order valence-corrected chi connectivity index (χ0v) is 10.4. The SMILES string of the molecule is COc1cccc2c(C)c(C(N)CO)n(C)c12. The number of rotatable bonds is 3. The molecule has 1 aromatic carbocycles. The van der Waals surface area contributed by atoms with Crippen LogP contribution in [0.4, 0.5) is 0 Å². The van der Waals surface area contributed by atoms with E-state index in [9.17, 15) is 5.11 Å². The summed E-state index contributed by atoms with van der Waals surface area (Å²) in [6.45, 7) is 1.96. The Labute approximate surface area is 101 Å². The normalized spacial score (nSPS) is 13.0. The third-order valence-electron chi connectivity index (χ3n) is 3.25. The maximum atomic E-state index is 9.22. The van der Waals surface area contributed by atoms with Crippen molar-refractivity contribution in [1.82, 2.24) is 4.57 Å². The minimum atomic E-state index is -0.364. The molecule has 4 nitrogen and oxygen atoms in total. The number of aromatic nitrogens is 1. The average molecular weight is 234 g/mol. The molecule has 1 unspecified atom stereocenters. The Kier molecular flexibility index (Phi) is 3.09. The molecular weight excluding hydrogens is 216 g/mol. The van der Waals surface area contributed by atoms with Gasteiger partial charge in [-0.1, -0.05) is 12.1 Å². The number of nitrogens with two attached hydrogens (primary N) is 1. The highest BCUT2D eigenvalue weighted by Crippen LogP contribution is 2.33. The van der Waals surface area contributed by atoms with Gasteiger partial charge in [0, 0.05) is 18.1 Å². The molecule has 0 fully saturated rings. The van der Waals surface area contributed by atoms with Crippen molar-refractivity contribution in [2.45, 2.75) is 13.0 Å². The zero-order valence-electron chi connectivity index (χ0n) is 10.4. The largest absolute Gasteiger partial charge is 0.495 e. The summed E-state index contributed by atoms with van der Waals surface area (Å²) < 4.78 is 7.37. The number of methoxy groups -OCH3 is 1. The van der Waals surface area contributed by atoms with Crippen molar-refractivity contribution in [3.8, 4) is 5.75 Å². The first-order valence-electron chi connectivity index (χ1n) is 5.60. The number of para-hydroxylation sites is 1. The number of fused-ring (bicyclic) bond motifs is 1. The second kappa shape index (κ2) is 4.39. The van der Waals surface area contributed by atoms with Crippen molar-refractivity contribution in [1.29, 1.82) is 0 Å². The molecule has 2 aromatic rings. The molecule has 0 spiro atoms. The number of nitrogens with zero attached hydrogens (tertiary/aromatic N) is 1. The van der Waals surface area contributed by atoms with Gasteiger partial charge in [-0.2, -0.15) is 0 Å². The summed E-state index contributed by atoms with van der Waals surface area (Å²) in [4.78, 5) is 0. The van der Waals surface area contributed by atoms with Crippen molar-refractivity contribution >= 4 is 10.9 Å². The monoisotopic (exact) mass is 234 g/mol. The summed E-state index contributed by atoms with van der Waals surface area (Å²) in [7, 11) is 3.60. The minimum Gasteiger partial charge on any atom is -0.495 e. The lowest BCUT2D eigenvalue weighted by Gasteiger charge is -2.12. The molecule has 0 aliphatic heterocycles. The van der Waals surface area contributed by atoms with Crippen LogP contribution in [0.25, 0.3) is 10.9 Å². The molecule has 0 radical (unpaired) electrons. The van der Waals surface area contributed by atoms with E-state index in [2.05, 4.69) is 0 Å². The van der Waals surface area contributed by atoms with Gasteiger partial charge in [0.25, 0.3) is 0 Å². The van der Waals surface area contributed by atoms with Crippen LogP contribution in [0.2, 0.25) is 0 Å². The van der Waals surface area contributed by atoms with Crippen LogP contribution in [-0.2, 0) is 7.05 Å². The number of hydrogen-bond donors (Lipinski definition) is 2. The van der Waals surface area contributed by atoms with Crippen LogP contribution in [0.15, 0.2) is 18.2 Å². The summed E-state index contributed by atoms with van der Waals surface area (Å²) in [6, 6.07) is 5.57. The molecule has 0 aliphatic carbocycles. The molecule has 0 aliphatic rings. The van der Waals surface area contributed by atoms with Gasteiger partial charge in [-0.3, -0.25) is 0 Å². The average Bonchev–Trinajstić information content (AvgIpc) is 2.61. The van der Waals surface area contributed by atoms with Crippen LogP contribution in [0.3, 0.4) is 0 Å². The highest BCUT2D eigenvalue weighted by molar-refractivity contribution is 5.90. The van der Waals surface area contributed by atoms with Crippen LogP contribution in [0.5, 0.6) is 5.75 Å². The third kappa shape index (κ3) is 1.69. The van der Waals surface area contributed by atoms with Gasteiger partial charge in [-0.05, 0) is 18.6 Å². The van der Waals surface area contributed by atoms with E-state index in [0.717, 1.165) is 27.9 Å². The van der Waals surface area contributed by atoms with Gasteiger partial charge in [-0.25, -0.2) is 0 Å². The van der Waals surface area contributed by atoms with Crippen molar-refractivity contribution in [3.05, 3.63) is 29.5 Å². The van der Waals surface area contributed by atoms with E-state index in [-0.39, 0.29) is 12.6 Å². The lowest BCUT2D eigenvalue weighted by Crippen LogP contribution is -2.18. The fourth-order valence-electron chi connectivity index (χ4n) is 2.46. The van der Waals surface area contributed by atoms with Gasteiger partial charge in [0.15, 0.2) is 0 Å². The molecule has 17 heavy (non-hydrogen) atoms. The maximum Gasteiger partial charge on any atom is 0.143 e. The Balaban J connectivity index is 2.80. The highest BCUT2D eigenvalue weighted by atomic mass is 16.5. The molecule has 4 heteroatoms. The molecule has 1 heterocycles. The van der Waals surface area contributed by atoms with Crippen molar-refractivity contribution in [2.24, 2.45) is 12.8 Å². The molecule has 3 N–H and O–H groups in total. The van der Waals surface area contributed by atoms with Crippen molar-refractivity contribution in [2.75, 3.05) is 13.7 Å². The molecule has 0 saturated heterocycles. The van der Waals surface area contributed by atoms with Gasteiger partial charge in [-0.15, -0.1) is 0 Å². The van der Waals surface area contributed by atoms with Gasteiger partial charge < -0.3 is 20.1 Å². The molecular formula is C13H18N2O2. The summed E-state index contributed by atoms with van der Waals surface area (Å²) in [6.07, 6.45) is 0. The lowest BCUT2D eigenvalue weighted by molar-refractivity contribution is 0.264. The fraction of sp³-hybridized carbons (Fsp3) is 0.385. The van der Waals surface area contributed by atoms with Gasteiger partial charge in [0.1, 0.15) is 5.75 Å². The second-order valence-corrected chi connectivity index (χ2v) is 4.21. The first-order valence-corrected chi connectivity index (χ1v) is 5.60. The molecule has 92 valence electrons. The fourth-order valence-corrected chi connectivity index (χ4v) is 2.46. The Morgan fingerprint density at radius 3 is 2.76 bits per heavy atom. The highest BCUT2D eigenvalue weighted by Gasteiger charge is 2.18. The van der Waals surface area contributed by atoms with E-state index in [0.29, 0.717) is 0 Å². The summed E-state index contributed by atoms with van der Waals surface area (Å²) in [5.74, 6) is 0.824. The zero-order chi connectivity index (χ0) is 12.6. The van der Waals surface area contributed by atoms with E-state index < -0.39 is 0 Å². The number of ether oxygens (including phenoxy) is 1. The van der Waals surface area contributed by atoms with Crippen LogP contribution < -0.4 is 10.5 Å². The quantitative estimate of drug-likeness (QED) is 0.845. The Hall–Kier alpha value is -1.52. The Morgan fingerprint density at radius 1 is 1.47 bits per heavy atom. The van der Waals surface area contributed by atoms with Crippen LogP contribution in [0.1, 0.15) is 17.3 Å². The Bertz CT molecular complexity index is 546. The van der Waals surface area contributed by atoms with Crippen LogP contribution in [-0.4, -0.2) is 23.4 Å². The van der Waals surface area contributed by atoms with E-state index in [1.165, 1.54) is 0 Å². The van der Waals surface area contributed by atoms with E-state index in [4.69, 9.17) is 10.5 Å². The lowest BCUT2D eigenvalue weighted by atomic mass is 10.1. The maximum absolute atomic E-state index is 9.22. The first kappa shape index (κ1) is 12.0. The predicted octanol–water partition coefficient (Wildman–Crippen LogP) is 1.49. The third-order valence-corrected chi connectivity index (χ3v) is 3.25. The van der Waals surface area contributed by atoms with E-state index in [1.54, 1.807) is 7.11 Å². The van der Waals surface area contributed by atoms with E-state index >= 15 is 0 Å². The van der Waals surface area contributed by atoms with Crippen molar-refractivity contribution in [3.63, 3.8) is 0 Å². The number of hydrogen-bond acceptors (Lipinski definition) is 3. The van der Waals surface area contributed by atoms with Crippen LogP contribution >= 0.6 is 0 Å². The number of aliphatic hydroxyl groups is 1. The molecule has 2 rings (SSSR count). The van der Waals surface area contributed by atoms with Gasteiger partial charge >= 0.3 is 0 Å². The van der Waals surface area contributed by atoms with Gasteiger partial charge in [0.2, 0.25) is 0 Å². The molecule has 1 aromatic heterocycles. The summed E-state index contributed by atoms with van der Waals surface area (Å²) >= 11 is 0. The number of aryl methyl sites for hydroxylation is 2. The summed E-state index contributed by atoms with van der Waals surface area (Å²) in [5.41, 5.74) is 9.01. The molecule has 1 atom stereocenters. The number of benzene rings is 1. The van der Waals surface area contributed by atoms with E-state index in [1.807, 2.05) is 36.7 Å². The molecule has 0 saturated carbocycles. The second-order valence-electron chi connectivity index (χ2n) is 4.21. The van der Waals surface area contributed by atoms with Crippen molar-refractivity contribution < 1.29 is 9.84 Å². The van der Waals surface area contributed by atoms with Crippen LogP contribution in [0, 0.1) is 6.92 Å². The van der Waals surface area contributed by atoms with Gasteiger partial charge in [0.05, 0.1) is 25.3 Å². The number of aliphatic hydroxyl groups excluding tert-OH is 1. The molecule has 0 amide bonds. The minimum absolute atomic E-state index is 0.0622. The predicted molar refractivity (Wildman–Crippen MR) is 68.2 cm³/mol. The topological polar surface area (TPSA) is 60.4 Å². The smallest absolute Gasteiger partial charge is 0.143 e. The standard InChI is InChI=1S/C13H18N2O2/c1-8-9-5-4-6-11(17-3)13(9)15(2)12(8)10(14)7-16/h4-6,10,16H,7,14H2,1-3H3.